The highest BCUT2D eigenvalue weighted by Crippen LogP contribution is 2.33. The third kappa shape index (κ3) is 4.58. The normalized spacial score (nSPS) is 11.4. The first-order valence-corrected chi connectivity index (χ1v) is 7.53. The molecule has 0 saturated carbocycles. The predicted octanol–water partition coefficient (Wildman–Crippen LogP) is 3.62. The van der Waals surface area contributed by atoms with Gasteiger partial charge >= 0.3 is 6.18 Å². The first-order valence-electron chi connectivity index (χ1n) is 7.53. The fraction of sp³-hybridized carbons (Fsp3) is 0.375. The van der Waals surface area contributed by atoms with Crippen LogP contribution in [0.15, 0.2) is 24.4 Å². The average molecular weight is 339 g/mol. The van der Waals surface area contributed by atoms with Gasteiger partial charge in [0.15, 0.2) is 0 Å². The summed E-state index contributed by atoms with van der Waals surface area (Å²) in [6, 6.07) is 4.04. The van der Waals surface area contributed by atoms with Crippen molar-refractivity contribution >= 4 is 17.5 Å². The molecular formula is C16H20F3N5. The molecule has 2 rings (SSSR count). The van der Waals surface area contributed by atoms with Crippen molar-refractivity contribution in [3.63, 3.8) is 0 Å². The van der Waals surface area contributed by atoms with Crippen LogP contribution in [0.1, 0.15) is 23.1 Å². The lowest BCUT2D eigenvalue weighted by atomic mass is 10.1. The van der Waals surface area contributed by atoms with Gasteiger partial charge in [0.25, 0.3) is 0 Å². The number of nitrogens with two attached hydrogens (primary N) is 1. The maximum absolute atomic E-state index is 13.0. The fourth-order valence-electron chi connectivity index (χ4n) is 2.12. The molecule has 24 heavy (non-hydrogen) atoms. The zero-order chi connectivity index (χ0) is 17.7. The van der Waals surface area contributed by atoms with E-state index in [1.807, 2.05) is 6.92 Å². The van der Waals surface area contributed by atoms with Crippen molar-refractivity contribution in [1.82, 2.24) is 9.97 Å². The molecule has 0 unspecified atom stereocenters. The Hall–Kier alpha value is -2.35. The molecule has 0 aliphatic heterocycles. The molecule has 0 bridgehead atoms. The second-order valence-corrected chi connectivity index (χ2v) is 5.45. The molecule has 0 aliphatic rings. The van der Waals surface area contributed by atoms with Crippen molar-refractivity contribution in [2.75, 3.05) is 23.7 Å². The van der Waals surface area contributed by atoms with Gasteiger partial charge in [0, 0.05) is 24.0 Å². The summed E-state index contributed by atoms with van der Waals surface area (Å²) in [6.07, 6.45) is -2.00. The highest BCUT2D eigenvalue weighted by atomic mass is 19.4. The summed E-state index contributed by atoms with van der Waals surface area (Å²) in [5.74, 6) is 0.858. The fourth-order valence-corrected chi connectivity index (χ4v) is 2.12. The number of anilines is 3. The van der Waals surface area contributed by atoms with Crippen molar-refractivity contribution in [1.29, 1.82) is 0 Å². The Kier molecular flexibility index (Phi) is 5.61. The zero-order valence-corrected chi connectivity index (χ0v) is 13.5. The third-order valence-corrected chi connectivity index (χ3v) is 3.44. The lowest BCUT2D eigenvalue weighted by Gasteiger charge is -2.14. The molecule has 5 nitrogen and oxygen atoms in total. The number of aryl methyl sites for hydroxylation is 2. The van der Waals surface area contributed by atoms with E-state index in [0.29, 0.717) is 18.9 Å². The van der Waals surface area contributed by atoms with Crippen LogP contribution in [0, 0.1) is 13.8 Å². The van der Waals surface area contributed by atoms with Crippen molar-refractivity contribution in [3.05, 3.63) is 41.1 Å². The van der Waals surface area contributed by atoms with Gasteiger partial charge in [-0.15, -0.1) is 0 Å². The minimum absolute atomic E-state index is 0.169. The molecule has 0 spiro atoms. The molecular weight excluding hydrogens is 319 g/mol. The number of alkyl halides is 3. The van der Waals surface area contributed by atoms with Gasteiger partial charge in [-0.05, 0) is 44.5 Å². The Morgan fingerprint density at radius 1 is 1.17 bits per heavy atom. The van der Waals surface area contributed by atoms with Gasteiger partial charge in [-0.1, -0.05) is 6.07 Å². The maximum atomic E-state index is 13.0. The van der Waals surface area contributed by atoms with E-state index in [0.717, 1.165) is 18.1 Å². The molecule has 0 atom stereocenters. The second-order valence-electron chi connectivity index (χ2n) is 5.45. The van der Waals surface area contributed by atoms with Crippen LogP contribution >= 0.6 is 0 Å². The van der Waals surface area contributed by atoms with E-state index in [-0.39, 0.29) is 17.2 Å². The summed E-state index contributed by atoms with van der Waals surface area (Å²) in [7, 11) is 0. The van der Waals surface area contributed by atoms with Crippen molar-refractivity contribution in [2.24, 2.45) is 5.73 Å². The van der Waals surface area contributed by atoms with Gasteiger partial charge in [-0.3, -0.25) is 0 Å². The molecule has 0 radical (unpaired) electrons. The lowest BCUT2D eigenvalue weighted by molar-refractivity contribution is -0.138. The van der Waals surface area contributed by atoms with Crippen LogP contribution in [-0.4, -0.2) is 23.1 Å². The minimum Gasteiger partial charge on any atom is -0.370 e. The summed E-state index contributed by atoms with van der Waals surface area (Å²) in [5, 5.41) is 5.95. The van der Waals surface area contributed by atoms with Gasteiger partial charge in [-0.25, -0.2) is 4.98 Å². The van der Waals surface area contributed by atoms with Crippen LogP contribution in [0.4, 0.5) is 30.6 Å². The third-order valence-electron chi connectivity index (χ3n) is 3.44. The number of halogens is 3. The Balaban J connectivity index is 2.20. The number of aromatic nitrogens is 2. The Morgan fingerprint density at radius 2 is 1.92 bits per heavy atom. The van der Waals surface area contributed by atoms with E-state index in [9.17, 15) is 13.2 Å². The van der Waals surface area contributed by atoms with Crippen molar-refractivity contribution in [3.8, 4) is 0 Å². The molecule has 0 aliphatic carbocycles. The lowest BCUT2D eigenvalue weighted by Crippen LogP contribution is -2.11. The predicted molar refractivity (Wildman–Crippen MR) is 88.4 cm³/mol. The summed E-state index contributed by atoms with van der Waals surface area (Å²) in [6.45, 7) is 4.50. The molecule has 4 N–H and O–H groups in total. The highest BCUT2D eigenvalue weighted by Gasteiger charge is 2.32. The largest absolute Gasteiger partial charge is 0.416 e. The first kappa shape index (κ1) is 18.0. The van der Waals surface area contributed by atoms with Gasteiger partial charge in [0.2, 0.25) is 5.95 Å². The molecule has 0 saturated heterocycles. The van der Waals surface area contributed by atoms with Crippen LogP contribution in [0.25, 0.3) is 0 Å². The molecule has 2 aromatic rings. The smallest absolute Gasteiger partial charge is 0.370 e. The summed E-state index contributed by atoms with van der Waals surface area (Å²) in [5.41, 5.74) is 6.06. The van der Waals surface area contributed by atoms with Gasteiger partial charge in [0.05, 0.1) is 5.56 Å². The van der Waals surface area contributed by atoms with E-state index in [2.05, 4.69) is 20.6 Å². The van der Waals surface area contributed by atoms with Crippen LogP contribution in [-0.2, 0) is 6.18 Å². The number of hydrogen-bond acceptors (Lipinski definition) is 5. The maximum Gasteiger partial charge on any atom is 0.416 e. The average Bonchev–Trinajstić information content (AvgIpc) is 2.51. The van der Waals surface area contributed by atoms with Crippen LogP contribution in [0.3, 0.4) is 0 Å². The topological polar surface area (TPSA) is 75.9 Å². The number of nitrogens with zero attached hydrogens (tertiary/aromatic N) is 2. The number of nitrogens with one attached hydrogen (secondary N) is 2. The van der Waals surface area contributed by atoms with Crippen molar-refractivity contribution < 1.29 is 13.2 Å². The minimum atomic E-state index is -4.40. The van der Waals surface area contributed by atoms with Gasteiger partial charge < -0.3 is 16.4 Å². The number of rotatable bonds is 6. The molecule has 130 valence electrons. The van der Waals surface area contributed by atoms with E-state index in [1.165, 1.54) is 13.0 Å². The summed E-state index contributed by atoms with van der Waals surface area (Å²) < 4.78 is 38.9. The standard InChI is InChI=1S/C16H20F3N5/c1-10-4-5-12(8-13(10)16(17,18)19)23-15-22-9-11(2)14(24-15)21-7-3-6-20/h4-5,8-9H,3,6-7,20H2,1-2H3,(H2,21,22,23,24). The Morgan fingerprint density at radius 3 is 2.58 bits per heavy atom. The quantitative estimate of drug-likeness (QED) is 0.701. The number of benzene rings is 1. The van der Waals surface area contributed by atoms with Gasteiger partial charge in [-0.2, -0.15) is 18.2 Å². The SMILES string of the molecule is Cc1ccc(Nc2ncc(C)c(NCCCN)n2)cc1C(F)(F)F. The van der Waals surface area contributed by atoms with E-state index >= 15 is 0 Å². The molecule has 1 aromatic carbocycles. The van der Waals surface area contributed by atoms with Crippen molar-refractivity contribution in [2.45, 2.75) is 26.4 Å². The molecule has 8 heteroatoms. The Labute approximate surface area is 138 Å². The van der Waals surface area contributed by atoms with Crippen LogP contribution < -0.4 is 16.4 Å². The number of hydrogen-bond donors (Lipinski definition) is 3. The highest BCUT2D eigenvalue weighted by molar-refractivity contribution is 5.58. The zero-order valence-electron chi connectivity index (χ0n) is 13.5. The molecule has 0 amide bonds. The van der Waals surface area contributed by atoms with Gasteiger partial charge in [0.1, 0.15) is 5.82 Å². The second kappa shape index (κ2) is 7.48. The van der Waals surface area contributed by atoms with E-state index < -0.39 is 11.7 Å². The molecule has 1 heterocycles. The first-order chi connectivity index (χ1) is 11.3. The summed E-state index contributed by atoms with van der Waals surface area (Å²) >= 11 is 0. The summed E-state index contributed by atoms with van der Waals surface area (Å²) in [4.78, 5) is 8.41. The van der Waals surface area contributed by atoms with Crippen LogP contribution in [0.5, 0.6) is 0 Å². The monoisotopic (exact) mass is 339 g/mol. The molecule has 0 fully saturated rings. The van der Waals surface area contributed by atoms with E-state index in [4.69, 9.17) is 5.73 Å². The van der Waals surface area contributed by atoms with Crippen LogP contribution in [0.2, 0.25) is 0 Å². The molecule has 1 aromatic heterocycles. The van der Waals surface area contributed by atoms with E-state index in [1.54, 1.807) is 12.3 Å². The Bertz CT molecular complexity index is 701.